The van der Waals surface area contributed by atoms with Gasteiger partial charge in [0.15, 0.2) is 23.3 Å². The second-order valence-corrected chi connectivity index (χ2v) is 16.3. The minimum atomic E-state index is -5.01. The molecule has 12 heteroatoms. The maximum Gasteiger partial charge on any atom is 0.416 e. The quantitative estimate of drug-likeness (QED) is 0.142. The molecule has 0 atom stereocenters. The number of para-hydroxylation sites is 1. The molecule has 3 aromatic heterocycles. The van der Waals surface area contributed by atoms with Gasteiger partial charge in [0.25, 0.3) is 0 Å². The van der Waals surface area contributed by atoms with E-state index in [1.54, 1.807) is 18.2 Å². The molecule has 0 fully saturated rings. The highest BCUT2D eigenvalue weighted by Gasteiger charge is 2.37. The summed E-state index contributed by atoms with van der Waals surface area (Å²) in [5, 5.41) is 1.32. The van der Waals surface area contributed by atoms with Crippen LogP contribution in [0.5, 0.6) is 0 Å². The van der Waals surface area contributed by atoms with Crippen molar-refractivity contribution in [2.45, 2.75) is 12.4 Å². The molecule has 3 heterocycles. The highest BCUT2D eigenvalue weighted by Crippen LogP contribution is 2.43. The molecule has 0 unspecified atom stereocenters. The van der Waals surface area contributed by atoms with Crippen LogP contribution in [0.2, 0.25) is 0 Å². The lowest BCUT2D eigenvalue weighted by Gasteiger charge is -2.17. The van der Waals surface area contributed by atoms with Crippen LogP contribution in [0.1, 0.15) is 11.1 Å². The molecule has 69 heavy (non-hydrogen) atoms. The number of nitrogens with zero attached hydrogens (tertiary/aromatic N) is 6. The molecule has 0 aliphatic heterocycles. The minimum Gasteiger partial charge on any atom is -0.309 e. The maximum absolute atomic E-state index is 14.1. The highest BCUT2D eigenvalue weighted by atomic mass is 19.4. The Balaban J connectivity index is 1.18. The Morgan fingerprint density at radius 1 is 0.304 bits per heavy atom. The van der Waals surface area contributed by atoms with Crippen molar-refractivity contribution in [3.05, 3.63) is 217 Å². The summed E-state index contributed by atoms with van der Waals surface area (Å²) in [7, 11) is 0. The zero-order valence-electron chi connectivity index (χ0n) is 36.1. The number of rotatable bonds is 8. The molecular formula is C57H34F6N6. The van der Waals surface area contributed by atoms with Gasteiger partial charge in [0.2, 0.25) is 0 Å². The topological polar surface area (TPSA) is 69.4 Å². The summed E-state index contributed by atoms with van der Waals surface area (Å²) in [6.07, 6.45) is -10.0. The Kier molecular flexibility index (Phi) is 10.6. The number of hydrogen-bond acceptors (Lipinski definition) is 5. The van der Waals surface area contributed by atoms with Crippen molar-refractivity contribution in [2.24, 2.45) is 0 Å². The van der Waals surface area contributed by atoms with E-state index >= 15 is 0 Å². The van der Waals surface area contributed by atoms with E-state index in [0.717, 1.165) is 45.5 Å². The minimum absolute atomic E-state index is 0.138. The molecule has 0 bridgehead atoms. The zero-order valence-corrected chi connectivity index (χ0v) is 36.1. The number of fused-ring (bicyclic) bond motifs is 3. The fourth-order valence-electron chi connectivity index (χ4n) is 8.60. The van der Waals surface area contributed by atoms with Crippen molar-refractivity contribution < 1.29 is 26.3 Å². The van der Waals surface area contributed by atoms with Gasteiger partial charge < -0.3 is 4.57 Å². The molecule has 0 N–H and O–H groups in total. The lowest BCUT2D eigenvalue weighted by molar-refractivity contribution is -0.143. The van der Waals surface area contributed by atoms with Gasteiger partial charge >= 0.3 is 12.4 Å². The van der Waals surface area contributed by atoms with Crippen LogP contribution in [0.4, 0.5) is 26.3 Å². The van der Waals surface area contributed by atoms with Gasteiger partial charge in [0.05, 0.1) is 39.2 Å². The third-order valence-corrected chi connectivity index (χ3v) is 11.9. The average molecular weight is 917 g/mol. The van der Waals surface area contributed by atoms with Crippen molar-refractivity contribution in [1.29, 1.82) is 0 Å². The van der Waals surface area contributed by atoms with Crippen LogP contribution in [-0.4, -0.2) is 29.5 Å². The van der Waals surface area contributed by atoms with Crippen molar-refractivity contribution >= 4 is 21.8 Å². The first-order chi connectivity index (χ1) is 33.4. The van der Waals surface area contributed by atoms with E-state index in [1.165, 1.54) is 0 Å². The molecule has 0 radical (unpaired) electrons. The zero-order chi connectivity index (χ0) is 47.3. The number of alkyl halides is 6. The Morgan fingerprint density at radius 2 is 0.754 bits per heavy atom. The van der Waals surface area contributed by atoms with E-state index in [9.17, 15) is 26.3 Å². The lowest BCUT2D eigenvalue weighted by atomic mass is 9.97. The van der Waals surface area contributed by atoms with E-state index in [0.29, 0.717) is 62.2 Å². The molecule has 334 valence electrons. The summed E-state index contributed by atoms with van der Waals surface area (Å²) < 4.78 is 86.4. The molecule has 0 aliphatic carbocycles. The van der Waals surface area contributed by atoms with Gasteiger partial charge in [-0.25, -0.2) is 24.9 Å². The SMILES string of the molecule is FC(F)(F)c1cc(-c2ccc3c(c2)c2ccccc2n3-c2ccc(-c3cc(-c4ccccc4)nc(-c4ccccc4)n3)cc2-c2nc(-c3ccccc3)nc(-c3ccccc3)n2)cc(C(F)(F)F)c1. The first-order valence-corrected chi connectivity index (χ1v) is 21.8. The number of aromatic nitrogens is 6. The van der Waals surface area contributed by atoms with Crippen LogP contribution in [0.3, 0.4) is 0 Å². The van der Waals surface area contributed by atoms with E-state index < -0.39 is 23.5 Å². The van der Waals surface area contributed by atoms with E-state index in [-0.39, 0.29) is 17.2 Å². The standard InChI is InChI=1S/C57H34F6N6/c58-56(59,60)42-29-41(30-43(33-42)57(61,62)63)39-25-27-50-45(31-39)44-23-13-14-24-49(44)69(50)51-28-26-40(48-34-47(35-15-5-1-6-16-35)64-52(65-48)36-17-7-2-8-18-36)32-46(51)55-67-53(37-19-9-3-10-20-37)66-54(68-55)38-21-11-4-12-22-38/h1-34H. The largest absolute Gasteiger partial charge is 0.416 e. The third-order valence-electron chi connectivity index (χ3n) is 11.9. The summed E-state index contributed by atoms with van der Waals surface area (Å²) in [5.74, 6) is 1.73. The fourth-order valence-corrected chi connectivity index (χ4v) is 8.60. The molecule has 0 saturated carbocycles. The Morgan fingerprint density at radius 3 is 1.30 bits per heavy atom. The monoisotopic (exact) mass is 916 g/mol. The van der Waals surface area contributed by atoms with Gasteiger partial charge in [-0.15, -0.1) is 0 Å². The van der Waals surface area contributed by atoms with Crippen LogP contribution >= 0.6 is 0 Å². The fraction of sp³-hybridized carbons (Fsp3) is 0.0351. The Hall–Kier alpha value is -8.77. The second kappa shape index (κ2) is 17.1. The highest BCUT2D eigenvalue weighted by molar-refractivity contribution is 6.11. The van der Waals surface area contributed by atoms with Crippen LogP contribution in [0.15, 0.2) is 206 Å². The van der Waals surface area contributed by atoms with Crippen molar-refractivity contribution in [3.63, 3.8) is 0 Å². The predicted molar refractivity (Wildman–Crippen MR) is 258 cm³/mol. The van der Waals surface area contributed by atoms with Crippen LogP contribution < -0.4 is 0 Å². The Bertz CT molecular complexity index is 3540. The molecule has 0 saturated heterocycles. The van der Waals surface area contributed by atoms with E-state index in [4.69, 9.17) is 24.9 Å². The van der Waals surface area contributed by atoms with Gasteiger partial charge in [0, 0.05) is 44.2 Å². The lowest BCUT2D eigenvalue weighted by Crippen LogP contribution is -2.11. The third kappa shape index (κ3) is 8.37. The second-order valence-electron chi connectivity index (χ2n) is 16.3. The molecule has 0 amide bonds. The summed E-state index contributed by atoms with van der Waals surface area (Å²) in [6.45, 7) is 0. The number of benzene rings is 8. The van der Waals surface area contributed by atoms with Crippen molar-refractivity contribution in [2.75, 3.05) is 0 Å². The molecule has 8 aromatic carbocycles. The van der Waals surface area contributed by atoms with Gasteiger partial charge in [0.1, 0.15) is 0 Å². The van der Waals surface area contributed by atoms with Crippen LogP contribution in [0.25, 0.3) is 107 Å². The predicted octanol–water partition coefficient (Wildman–Crippen LogP) is 15.5. The smallest absolute Gasteiger partial charge is 0.309 e. The summed E-state index contributed by atoms with van der Waals surface area (Å²) in [4.78, 5) is 25.4. The van der Waals surface area contributed by atoms with E-state index in [1.807, 2.05) is 174 Å². The Labute approximate surface area is 390 Å². The molecule has 0 spiro atoms. The summed E-state index contributed by atoms with van der Waals surface area (Å²) >= 11 is 0. The summed E-state index contributed by atoms with van der Waals surface area (Å²) in [5.41, 5.74) is 5.08. The first kappa shape index (κ1) is 42.8. The molecule has 11 rings (SSSR count). The normalized spacial score (nSPS) is 11.9. The average Bonchev–Trinajstić information content (AvgIpc) is 3.72. The number of hydrogen-bond donors (Lipinski definition) is 0. The first-order valence-electron chi connectivity index (χ1n) is 21.8. The van der Waals surface area contributed by atoms with Crippen LogP contribution in [0, 0.1) is 0 Å². The maximum atomic E-state index is 14.1. The van der Waals surface area contributed by atoms with Crippen molar-refractivity contribution in [1.82, 2.24) is 29.5 Å². The van der Waals surface area contributed by atoms with Gasteiger partial charge in [-0.2, -0.15) is 26.3 Å². The summed E-state index contributed by atoms with van der Waals surface area (Å²) in [6, 6.07) is 60.6. The molecule has 11 aromatic rings. The van der Waals surface area contributed by atoms with E-state index in [2.05, 4.69) is 0 Å². The molecule has 0 aliphatic rings. The molecular weight excluding hydrogens is 883 g/mol. The van der Waals surface area contributed by atoms with Gasteiger partial charge in [-0.3, -0.25) is 0 Å². The number of halogens is 6. The molecule has 6 nitrogen and oxygen atoms in total. The van der Waals surface area contributed by atoms with Gasteiger partial charge in [-0.05, 0) is 65.7 Å². The van der Waals surface area contributed by atoms with Crippen molar-refractivity contribution in [3.8, 4) is 84.9 Å². The van der Waals surface area contributed by atoms with Gasteiger partial charge in [-0.1, -0.05) is 152 Å². The van der Waals surface area contributed by atoms with Crippen LogP contribution in [-0.2, 0) is 12.4 Å².